The highest BCUT2D eigenvalue weighted by Gasteiger charge is 2.20. The molecule has 1 rings (SSSR count). The summed E-state index contributed by atoms with van der Waals surface area (Å²) in [6.45, 7) is 6.11. The van der Waals surface area contributed by atoms with Gasteiger partial charge in [-0.1, -0.05) is 25.4 Å². The maximum Gasteiger partial charge on any atom is 0.235 e. The number of rotatable bonds is 7. The van der Waals surface area contributed by atoms with Crippen LogP contribution in [-0.2, 0) is 14.6 Å². The molecule has 1 aromatic rings. The van der Waals surface area contributed by atoms with Gasteiger partial charge in [0.1, 0.15) is 5.75 Å². The Bertz CT molecular complexity index is 567. The van der Waals surface area contributed by atoms with Crippen LogP contribution >= 0.6 is 11.6 Å². The van der Waals surface area contributed by atoms with Gasteiger partial charge in [-0.3, -0.25) is 4.79 Å². The lowest BCUT2D eigenvalue weighted by molar-refractivity contribution is -0.119. The quantitative estimate of drug-likeness (QED) is 0.835. The molecule has 1 unspecified atom stereocenters. The van der Waals surface area contributed by atoms with Crippen LogP contribution in [0.5, 0.6) is 0 Å². The summed E-state index contributed by atoms with van der Waals surface area (Å²) in [5.74, 6) is -0.455. The van der Waals surface area contributed by atoms with Crippen molar-refractivity contribution in [2.24, 2.45) is 5.92 Å². The lowest BCUT2D eigenvalue weighted by Gasteiger charge is -2.15. The van der Waals surface area contributed by atoms with E-state index in [2.05, 4.69) is 19.2 Å². The zero-order valence-electron chi connectivity index (χ0n) is 12.6. The number of sulfone groups is 1. The second kappa shape index (κ2) is 7.80. The Morgan fingerprint density at radius 1 is 1.14 bits per heavy atom. The molecule has 0 aliphatic carbocycles. The summed E-state index contributed by atoms with van der Waals surface area (Å²) >= 11 is 5.72. The van der Waals surface area contributed by atoms with Crippen molar-refractivity contribution < 1.29 is 13.2 Å². The van der Waals surface area contributed by atoms with E-state index in [4.69, 9.17) is 11.6 Å². The van der Waals surface area contributed by atoms with E-state index < -0.39 is 21.5 Å². The van der Waals surface area contributed by atoms with Gasteiger partial charge >= 0.3 is 0 Å². The fraction of sp³-hybridized carbons (Fsp3) is 0.533. The highest BCUT2D eigenvalue weighted by atomic mass is 35.5. The van der Waals surface area contributed by atoms with E-state index in [0.717, 1.165) is 12.8 Å². The van der Waals surface area contributed by atoms with Crippen LogP contribution in [0.2, 0.25) is 5.02 Å². The number of carbonyl (C=O) groups excluding carboxylic acids is 1. The highest BCUT2D eigenvalue weighted by molar-refractivity contribution is 7.92. The third-order valence-corrected chi connectivity index (χ3v) is 4.96. The van der Waals surface area contributed by atoms with Gasteiger partial charge in [0.25, 0.3) is 0 Å². The monoisotopic (exact) mass is 331 g/mol. The van der Waals surface area contributed by atoms with Crippen LogP contribution in [0.1, 0.15) is 33.6 Å². The SMILES string of the molecule is CC(C)CCC(C)NC(=O)CS(=O)(=O)c1ccc(Cl)cc1. The normalized spacial score (nSPS) is 13.2. The standard InChI is InChI=1S/C15H22ClNO3S/c1-11(2)4-5-12(3)17-15(18)10-21(19,20)14-8-6-13(16)7-9-14/h6-9,11-12H,4-5,10H2,1-3H3,(H,17,18). The molecule has 0 aliphatic heterocycles. The van der Waals surface area contributed by atoms with Crippen molar-refractivity contribution in [1.29, 1.82) is 0 Å². The predicted molar refractivity (Wildman–Crippen MR) is 85.2 cm³/mol. The number of halogens is 1. The molecule has 1 N–H and O–H groups in total. The third-order valence-electron chi connectivity index (χ3n) is 3.08. The molecular weight excluding hydrogens is 310 g/mol. The Morgan fingerprint density at radius 2 is 1.71 bits per heavy atom. The van der Waals surface area contributed by atoms with Crippen LogP contribution < -0.4 is 5.32 Å². The average Bonchev–Trinajstić information content (AvgIpc) is 2.36. The molecule has 0 aliphatic rings. The number of hydrogen-bond acceptors (Lipinski definition) is 3. The minimum Gasteiger partial charge on any atom is -0.353 e. The Kier molecular flexibility index (Phi) is 6.68. The molecule has 21 heavy (non-hydrogen) atoms. The first kappa shape index (κ1) is 18.0. The van der Waals surface area contributed by atoms with Crippen molar-refractivity contribution >= 4 is 27.3 Å². The van der Waals surface area contributed by atoms with Crippen molar-refractivity contribution in [2.75, 3.05) is 5.75 Å². The molecule has 0 heterocycles. The lowest BCUT2D eigenvalue weighted by Crippen LogP contribution is -2.37. The molecule has 6 heteroatoms. The third kappa shape index (κ3) is 6.48. The van der Waals surface area contributed by atoms with E-state index >= 15 is 0 Å². The highest BCUT2D eigenvalue weighted by Crippen LogP contribution is 2.15. The van der Waals surface area contributed by atoms with Crippen molar-refractivity contribution in [3.63, 3.8) is 0 Å². The maximum atomic E-state index is 12.1. The molecule has 1 atom stereocenters. The molecule has 0 radical (unpaired) electrons. The summed E-state index contributed by atoms with van der Waals surface area (Å²) in [6.07, 6.45) is 1.83. The minimum absolute atomic E-state index is 0.0275. The van der Waals surface area contributed by atoms with E-state index in [1.807, 2.05) is 6.92 Å². The predicted octanol–water partition coefficient (Wildman–Crippen LogP) is 3.05. The summed E-state index contributed by atoms with van der Waals surface area (Å²) in [5, 5.41) is 3.19. The first-order chi connectivity index (χ1) is 9.70. The molecular formula is C15H22ClNO3S. The molecule has 0 fully saturated rings. The lowest BCUT2D eigenvalue weighted by atomic mass is 10.0. The second-order valence-electron chi connectivity index (χ2n) is 5.65. The van der Waals surface area contributed by atoms with E-state index in [1.165, 1.54) is 24.3 Å². The van der Waals surface area contributed by atoms with Crippen LogP contribution in [0.25, 0.3) is 0 Å². The molecule has 0 aromatic heterocycles. The zero-order chi connectivity index (χ0) is 16.0. The molecule has 0 saturated carbocycles. The van der Waals surface area contributed by atoms with Crippen molar-refractivity contribution in [3.05, 3.63) is 29.3 Å². The van der Waals surface area contributed by atoms with Gasteiger partial charge in [0.15, 0.2) is 9.84 Å². The summed E-state index contributed by atoms with van der Waals surface area (Å²) in [6, 6.07) is 5.79. The second-order valence-corrected chi connectivity index (χ2v) is 8.08. The largest absolute Gasteiger partial charge is 0.353 e. The average molecular weight is 332 g/mol. The Hall–Kier alpha value is -1.07. The van der Waals surface area contributed by atoms with Gasteiger partial charge in [-0.15, -0.1) is 0 Å². The van der Waals surface area contributed by atoms with E-state index in [-0.39, 0.29) is 10.9 Å². The van der Waals surface area contributed by atoms with Gasteiger partial charge in [-0.2, -0.15) is 0 Å². The number of benzene rings is 1. The van der Waals surface area contributed by atoms with E-state index in [0.29, 0.717) is 10.9 Å². The fourth-order valence-electron chi connectivity index (χ4n) is 1.87. The number of amides is 1. The van der Waals surface area contributed by atoms with Gasteiger partial charge in [-0.25, -0.2) is 8.42 Å². The number of nitrogens with one attached hydrogen (secondary N) is 1. The summed E-state index contributed by atoms with van der Waals surface area (Å²) in [5.41, 5.74) is 0. The Morgan fingerprint density at radius 3 is 2.24 bits per heavy atom. The van der Waals surface area contributed by atoms with E-state index in [9.17, 15) is 13.2 Å². The zero-order valence-corrected chi connectivity index (χ0v) is 14.2. The van der Waals surface area contributed by atoms with Crippen LogP contribution in [0, 0.1) is 5.92 Å². The van der Waals surface area contributed by atoms with Crippen LogP contribution in [0.15, 0.2) is 29.2 Å². The summed E-state index contributed by atoms with van der Waals surface area (Å²) in [4.78, 5) is 11.9. The van der Waals surface area contributed by atoms with E-state index in [1.54, 1.807) is 0 Å². The van der Waals surface area contributed by atoms with Crippen LogP contribution in [0.4, 0.5) is 0 Å². The molecule has 4 nitrogen and oxygen atoms in total. The first-order valence-corrected chi connectivity index (χ1v) is 9.01. The molecule has 0 bridgehead atoms. The van der Waals surface area contributed by atoms with Gasteiger partial charge in [0.05, 0.1) is 4.90 Å². The van der Waals surface area contributed by atoms with Gasteiger partial charge in [0, 0.05) is 11.1 Å². The van der Waals surface area contributed by atoms with Gasteiger partial charge in [-0.05, 0) is 49.9 Å². The Balaban J connectivity index is 2.59. The van der Waals surface area contributed by atoms with Gasteiger partial charge in [0.2, 0.25) is 5.91 Å². The molecule has 1 amide bonds. The summed E-state index contributed by atoms with van der Waals surface area (Å²) in [7, 11) is -3.62. The maximum absolute atomic E-state index is 12.1. The minimum atomic E-state index is -3.62. The fourth-order valence-corrected chi connectivity index (χ4v) is 3.14. The molecule has 1 aromatic carbocycles. The van der Waals surface area contributed by atoms with Crippen molar-refractivity contribution in [1.82, 2.24) is 5.32 Å². The first-order valence-electron chi connectivity index (χ1n) is 6.98. The molecule has 0 spiro atoms. The van der Waals surface area contributed by atoms with Gasteiger partial charge < -0.3 is 5.32 Å². The summed E-state index contributed by atoms with van der Waals surface area (Å²) < 4.78 is 24.2. The number of hydrogen-bond donors (Lipinski definition) is 1. The van der Waals surface area contributed by atoms with Crippen LogP contribution in [0.3, 0.4) is 0 Å². The van der Waals surface area contributed by atoms with Crippen molar-refractivity contribution in [3.8, 4) is 0 Å². The molecule has 118 valence electrons. The molecule has 0 saturated heterocycles. The smallest absolute Gasteiger partial charge is 0.235 e. The topological polar surface area (TPSA) is 63.2 Å². The Labute approximate surface area is 131 Å². The van der Waals surface area contributed by atoms with Crippen LogP contribution in [-0.4, -0.2) is 26.1 Å². The van der Waals surface area contributed by atoms with Crippen molar-refractivity contribution in [2.45, 2.75) is 44.6 Å². The number of carbonyl (C=O) groups is 1.